The van der Waals surface area contributed by atoms with E-state index in [1.165, 1.54) is 51.4 Å². The second-order valence-corrected chi connectivity index (χ2v) is 7.92. The quantitative estimate of drug-likeness (QED) is 0.868. The number of rotatable bonds is 3. The lowest BCUT2D eigenvalue weighted by molar-refractivity contribution is -0.138. The van der Waals surface area contributed by atoms with Gasteiger partial charge in [0.2, 0.25) is 5.91 Å². The number of nitrogens with zero attached hydrogens (tertiary/aromatic N) is 1. The summed E-state index contributed by atoms with van der Waals surface area (Å²) in [6.07, 6.45) is 12.6. The number of hydrogen-bond donors (Lipinski definition) is 1. The molecule has 2 unspecified atom stereocenters. The van der Waals surface area contributed by atoms with E-state index >= 15 is 0 Å². The van der Waals surface area contributed by atoms with E-state index in [0.717, 1.165) is 25.3 Å². The van der Waals surface area contributed by atoms with E-state index < -0.39 is 0 Å². The number of carbonyl (C=O) groups is 1. The molecule has 0 heterocycles. The van der Waals surface area contributed by atoms with Crippen LogP contribution in [-0.4, -0.2) is 30.4 Å². The summed E-state index contributed by atoms with van der Waals surface area (Å²) in [4.78, 5) is 14.8. The first-order chi connectivity index (χ1) is 10.1. The zero-order valence-electron chi connectivity index (χ0n) is 13.6. The first-order valence-corrected chi connectivity index (χ1v) is 9.15. The molecule has 2 N–H and O–H groups in total. The first-order valence-electron chi connectivity index (χ1n) is 9.15. The lowest BCUT2D eigenvalue weighted by Gasteiger charge is -2.44. The standard InChI is InChI=1S/C18H32N2O/c1-20(12-13-6-3-2-4-7-13)18(21)16-10-14-8-5-9-15(11-16)17(14)19/h13-17H,2-12,19H2,1H3. The maximum Gasteiger partial charge on any atom is 0.225 e. The van der Waals surface area contributed by atoms with Crippen LogP contribution < -0.4 is 5.73 Å². The van der Waals surface area contributed by atoms with Gasteiger partial charge in [0.1, 0.15) is 0 Å². The van der Waals surface area contributed by atoms with E-state index in [1.807, 2.05) is 11.9 Å². The van der Waals surface area contributed by atoms with Crippen molar-refractivity contribution in [2.45, 2.75) is 70.3 Å². The normalized spacial score (nSPS) is 37.2. The minimum Gasteiger partial charge on any atom is -0.345 e. The highest BCUT2D eigenvalue weighted by Gasteiger charge is 2.41. The molecule has 2 atom stereocenters. The van der Waals surface area contributed by atoms with Crippen molar-refractivity contribution < 1.29 is 4.79 Å². The van der Waals surface area contributed by atoms with Crippen molar-refractivity contribution in [3.63, 3.8) is 0 Å². The number of hydrogen-bond acceptors (Lipinski definition) is 2. The molecule has 21 heavy (non-hydrogen) atoms. The Kier molecular flexibility index (Phi) is 4.88. The Morgan fingerprint density at radius 1 is 1.00 bits per heavy atom. The monoisotopic (exact) mass is 292 g/mol. The van der Waals surface area contributed by atoms with E-state index in [0.29, 0.717) is 23.8 Å². The van der Waals surface area contributed by atoms with E-state index in [9.17, 15) is 4.79 Å². The Labute approximate surface area is 129 Å². The molecule has 0 saturated heterocycles. The molecule has 0 spiro atoms. The summed E-state index contributed by atoms with van der Waals surface area (Å²) >= 11 is 0. The molecule has 3 saturated carbocycles. The van der Waals surface area contributed by atoms with Gasteiger partial charge in [-0.3, -0.25) is 4.79 Å². The van der Waals surface area contributed by atoms with Crippen LogP contribution in [0.25, 0.3) is 0 Å². The number of fused-ring (bicyclic) bond motifs is 2. The Hall–Kier alpha value is -0.570. The van der Waals surface area contributed by atoms with Gasteiger partial charge in [0.05, 0.1) is 0 Å². The van der Waals surface area contributed by atoms with Gasteiger partial charge < -0.3 is 10.6 Å². The molecule has 0 radical (unpaired) electrons. The highest BCUT2D eigenvalue weighted by Crippen LogP contribution is 2.42. The van der Waals surface area contributed by atoms with Gasteiger partial charge >= 0.3 is 0 Å². The highest BCUT2D eigenvalue weighted by molar-refractivity contribution is 5.78. The predicted molar refractivity (Wildman–Crippen MR) is 85.7 cm³/mol. The van der Waals surface area contributed by atoms with Crippen LogP contribution in [0.15, 0.2) is 0 Å². The van der Waals surface area contributed by atoms with Crippen molar-refractivity contribution in [1.29, 1.82) is 0 Å². The Morgan fingerprint density at radius 2 is 1.62 bits per heavy atom. The van der Waals surface area contributed by atoms with E-state index in [4.69, 9.17) is 5.73 Å². The molecule has 120 valence electrons. The minimum atomic E-state index is 0.258. The number of carbonyl (C=O) groups excluding carboxylic acids is 1. The summed E-state index contributed by atoms with van der Waals surface area (Å²) in [5.74, 6) is 2.63. The molecule has 2 bridgehead atoms. The maximum absolute atomic E-state index is 12.8. The number of amides is 1. The average molecular weight is 292 g/mol. The van der Waals surface area contributed by atoms with Crippen LogP contribution in [-0.2, 0) is 4.79 Å². The molecule has 1 amide bonds. The van der Waals surface area contributed by atoms with Crippen molar-refractivity contribution in [2.75, 3.05) is 13.6 Å². The third kappa shape index (κ3) is 3.44. The Bertz CT molecular complexity index is 350. The smallest absolute Gasteiger partial charge is 0.225 e. The first kappa shape index (κ1) is 15.3. The maximum atomic E-state index is 12.8. The van der Waals surface area contributed by atoms with Gasteiger partial charge in [-0.25, -0.2) is 0 Å². The van der Waals surface area contributed by atoms with Crippen LogP contribution in [0.1, 0.15) is 64.2 Å². The van der Waals surface area contributed by atoms with E-state index in [1.54, 1.807) is 0 Å². The lowest BCUT2D eigenvalue weighted by Crippen LogP contribution is -2.49. The van der Waals surface area contributed by atoms with Gasteiger partial charge in [-0.05, 0) is 56.3 Å². The second-order valence-electron chi connectivity index (χ2n) is 7.92. The summed E-state index contributed by atoms with van der Waals surface area (Å²) in [6.45, 7) is 0.983. The lowest BCUT2D eigenvalue weighted by atomic mass is 9.65. The van der Waals surface area contributed by atoms with Gasteiger partial charge in [-0.2, -0.15) is 0 Å². The van der Waals surface area contributed by atoms with Crippen molar-refractivity contribution in [1.82, 2.24) is 4.90 Å². The van der Waals surface area contributed by atoms with Gasteiger partial charge in [-0.1, -0.05) is 25.7 Å². The van der Waals surface area contributed by atoms with E-state index in [2.05, 4.69) is 0 Å². The van der Waals surface area contributed by atoms with Gasteiger partial charge in [0.25, 0.3) is 0 Å². The molecule has 3 rings (SSSR count). The van der Waals surface area contributed by atoms with Crippen LogP contribution in [0.5, 0.6) is 0 Å². The van der Waals surface area contributed by atoms with Crippen molar-refractivity contribution in [2.24, 2.45) is 29.4 Å². The Balaban J connectivity index is 1.54. The molecule has 3 heteroatoms. The van der Waals surface area contributed by atoms with Crippen LogP contribution in [0, 0.1) is 23.7 Å². The fourth-order valence-corrected chi connectivity index (χ4v) is 5.15. The molecule has 0 aliphatic heterocycles. The zero-order chi connectivity index (χ0) is 14.8. The fourth-order valence-electron chi connectivity index (χ4n) is 5.15. The third-order valence-corrected chi connectivity index (χ3v) is 6.40. The van der Waals surface area contributed by atoms with Crippen molar-refractivity contribution >= 4 is 5.91 Å². The third-order valence-electron chi connectivity index (χ3n) is 6.40. The molecule has 3 fully saturated rings. The van der Waals surface area contributed by atoms with Crippen molar-refractivity contribution in [3.8, 4) is 0 Å². The van der Waals surface area contributed by atoms with Crippen molar-refractivity contribution in [3.05, 3.63) is 0 Å². The molecule has 3 nitrogen and oxygen atoms in total. The SMILES string of the molecule is CN(CC1CCCCC1)C(=O)C1CC2CCCC(C1)C2N. The van der Waals surface area contributed by atoms with E-state index in [-0.39, 0.29) is 5.92 Å². The largest absolute Gasteiger partial charge is 0.345 e. The van der Waals surface area contributed by atoms with Gasteiger partial charge in [0.15, 0.2) is 0 Å². The zero-order valence-corrected chi connectivity index (χ0v) is 13.6. The topological polar surface area (TPSA) is 46.3 Å². The molecule has 3 aliphatic rings. The van der Waals surface area contributed by atoms with Crippen LogP contribution in [0.4, 0.5) is 0 Å². The molecule has 0 aromatic carbocycles. The molecule has 0 aromatic heterocycles. The summed E-state index contributed by atoms with van der Waals surface area (Å²) in [7, 11) is 2.03. The van der Waals surface area contributed by atoms with Gasteiger partial charge in [0, 0.05) is 25.6 Å². The highest BCUT2D eigenvalue weighted by atomic mass is 16.2. The fraction of sp³-hybridized carbons (Fsp3) is 0.944. The molecule has 0 aromatic rings. The summed E-state index contributed by atoms with van der Waals surface area (Å²) < 4.78 is 0. The summed E-state index contributed by atoms with van der Waals surface area (Å²) in [6, 6.07) is 0.367. The molecular weight excluding hydrogens is 260 g/mol. The summed E-state index contributed by atoms with van der Waals surface area (Å²) in [5, 5.41) is 0. The van der Waals surface area contributed by atoms with Crippen LogP contribution in [0.3, 0.4) is 0 Å². The molecule has 3 aliphatic carbocycles. The minimum absolute atomic E-state index is 0.258. The molecular formula is C18H32N2O. The van der Waals surface area contributed by atoms with Gasteiger partial charge in [-0.15, -0.1) is 0 Å². The van der Waals surface area contributed by atoms with Crippen LogP contribution in [0.2, 0.25) is 0 Å². The van der Waals surface area contributed by atoms with Crippen LogP contribution >= 0.6 is 0 Å². The number of nitrogens with two attached hydrogens (primary N) is 1. The average Bonchev–Trinajstić information content (AvgIpc) is 2.47. The Morgan fingerprint density at radius 3 is 2.24 bits per heavy atom. The second kappa shape index (κ2) is 6.68. The summed E-state index contributed by atoms with van der Waals surface area (Å²) in [5.41, 5.74) is 6.35. The predicted octanol–water partition coefficient (Wildman–Crippen LogP) is 3.18.